The Kier molecular flexibility index (Phi) is 6.75. The van der Waals surface area contributed by atoms with Crippen molar-refractivity contribution in [1.82, 2.24) is 24.5 Å². The molecule has 11 rings (SSSR count). The largest absolute Gasteiger partial charge is 0.438 e. The van der Waals surface area contributed by atoms with Gasteiger partial charge in [0.15, 0.2) is 17.5 Å². The second-order valence-corrected chi connectivity index (χ2v) is 13.5. The van der Waals surface area contributed by atoms with E-state index in [-0.39, 0.29) is 0 Å². The summed E-state index contributed by atoms with van der Waals surface area (Å²) in [5.41, 5.74) is 9.78. The van der Waals surface area contributed by atoms with Crippen molar-refractivity contribution < 1.29 is 4.42 Å². The van der Waals surface area contributed by atoms with Gasteiger partial charge in [-0.15, -0.1) is 0 Å². The van der Waals surface area contributed by atoms with Gasteiger partial charge in [-0.1, -0.05) is 140 Å². The van der Waals surface area contributed by atoms with Crippen LogP contribution in [0.25, 0.3) is 106 Å². The number of nitrogens with zero attached hydrogens (tertiary/aromatic N) is 5. The summed E-state index contributed by atoms with van der Waals surface area (Å²) in [6.45, 7) is 0. The normalized spacial score (nSPS) is 11.7. The SMILES string of the molecule is c1ccc(-c2nc(-c3ccc(-c4ccc(-n5c6ccccc6c6ccc7ccccc7c65)cc4)cc3)nc(-c3cnc4oc5ccccc5c4c3)n2)cc1. The zero-order chi connectivity index (χ0) is 35.6. The molecule has 0 fully saturated rings. The number of rotatable bonds is 5. The first-order valence-corrected chi connectivity index (χ1v) is 18.0. The lowest BCUT2D eigenvalue weighted by atomic mass is 10.0. The van der Waals surface area contributed by atoms with Crippen LogP contribution in [0, 0.1) is 0 Å². The maximum Gasteiger partial charge on any atom is 0.227 e. The van der Waals surface area contributed by atoms with E-state index in [0.29, 0.717) is 23.2 Å². The molecule has 0 radical (unpaired) electrons. The first-order chi connectivity index (χ1) is 26.7. The van der Waals surface area contributed by atoms with Gasteiger partial charge in [0.25, 0.3) is 0 Å². The minimum absolute atomic E-state index is 0.552. The fourth-order valence-electron chi connectivity index (χ4n) is 7.69. The van der Waals surface area contributed by atoms with Gasteiger partial charge < -0.3 is 8.98 Å². The third-order valence-electron chi connectivity index (χ3n) is 10.3. The molecule has 54 heavy (non-hydrogen) atoms. The van der Waals surface area contributed by atoms with Crippen molar-refractivity contribution in [3.8, 4) is 51.0 Å². The van der Waals surface area contributed by atoms with Gasteiger partial charge >= 0.3 is 0 Å². The highest BCUT2D eigenvalue weighted by Crippen LogP contribution is 2.37. The number of furan rings is 1. The fraction of sp³-hybridized carbons (Fsp3) is 0. The third-order valence-corrected chi connectivity index (χ3v) is 10.3. The van der Waals surface area contributed by atoms with Crippen LogP contribution < -0.4 is 0 Å². The molecule has 0 atom stereocenters. The Labute approximate surface area is 309 Å². The van der Waals surface area contributed by atoms with Crippen LogP contribution in [0.15, 0.2) is 180 Å². The van der Waals surface area contributed by atoms with E-state index in [9.17, 15) is 0 Å². The maximum atomic E-state index is 5.99. The van der Waals surface area contributed by atoms with Crippen molar-refractivity contribution in [3.63, 3.8) is 0 Å². The van der Waals surface area contributed by atoms with Crippen molar-refractivity contribution in [2.75, 3.05) is 0 Å². The van der Waals surface area contributed by atoms with Crippen molar-refractivity contribution in [1.29, 1.82) is 0 Å². The number of fused-ring (bicyclic) bond motifs is 8. The molecule has 11 aromatic rings. The van der Waals surface area contributed by atoms with E-state index in [1.165, 1.54) is 32.6 Å². The quantitative estimate of drug-likeness (QED) is 0.180. The smallest absolute Gasteiger partial charge is 0.227 e. The molecule has 0 aliphatic rings. The molecule has 4 heterocycles. The summed E-state index contributed by atoms with van der Waals surface area (Å²) >= 11 is 0. The summed E-state index contributed by atoms with van der Waals surface area (Å²) in [6.07, 6.45) is 1.77. The van der Waals surface area contributed by atoms with Crippen LogP contribution >= 0.6 is 0 Å². The van der Waals surface area contributed by atoms with Gasteiger partial charge in [-0.2, -0.15) is 0 Å². The minimum atomic E-state index is 0.552. The molecular formula is C48H29N5O. The molecule has 0 unspecified atom stereocenters. The zero-order valence-electron chi connectivity index (χ0n) is 28.9. The molecule has 0 amide bonds. The second kappa shape index (κ2) is 12.1. The molecule has 252 valence electrons. The Morgan fingerprint density at radius 2 is 1.00 bits per heavy atom. The van der Waals surface area contributed by atoms with Gasteiger partial charge in [0.05, 0.1) is 11.0 Å². The topological polar surface area (TPSA) is 69.6 Å². The van der Waals surface area contributed by atoms with Crippen molar-refractivity contribution in [2.45, 2.75) is 0 Å². The number of para-hydroxylation sites is 2. The monoisotopic (exact) mass is 691 g/mol. The van der Waals surface area contributed by atoms with Crippen LogP contribution in [0.1, 0.15) is 0 Å². The minimum Gasteiger partial charge on any atom is -0.438 e. The van der Waals surface area contributed by atoms with E-state index in [2.05, 4.69) is 125 Å². The molecule has 0 aliphatic heterocycles. The van der Waals surface area contributed by atoms with Crippen LogP contribution in [0.4, 0.5) is 0 Å². The summed E-state index contributed by atoms with van der Waals surface area (Å²) in [7, 11) is 0. The molecule has 7 aromatic carbocycles. The van der Waals surface area contributed by atoms with E-state index in [0.717, 1.165) is 49.9 Å². The highest BCUT2D eigenvalue weighted by Gasteiger charge is 2.17. The third kappa shape index (κ3) is 4.89. The molecule has 0 saturated heterocycles. The standard InChI is InChI=1S/C48H29N5O/c1-2-11-33(12-3-1)45-50-46(52-47(51-45)35-28-41-39-15-7-9-17-43(39)54-48(41)49-29-35)34-20-18-30(19-21-34)31-22-25-36(26-23-31)53-42-16-8-6-14-38(42)40-27-24-32-10-4-5-13-37(32)44(40)53/h1-29H. The Balaban J connectivity index is 0.974. The van der Waals surface area contributed by atoms with Crippen molar-refractivity contribution in [2.24, 2.45) is 0 Å². The molecule has 0 N–H and O–H groups in total. The fourth-order valence-corrected chi connectivity index (χ4v) is 7.69. The molecular weight excluding hydrogens is 663 g/mol. The Bertz CT molecular complexity index is 3200. The average molecular weight is 692 g/mol. The van der Waals surface area contributed by atoms with E-state index in [1.807, 2.05) is 54.6 Å². The van der Waals surface area contributed by atoms with Crippen LogP contribution in [-0.2, 0) is 0 Å². The summed E-state index contributed by atoms with van der Waals surface area (Å²) in [5.74, 6) is 1.75. The van der Waals surface area contributed by atoms with Gasteiger partial charge in [-0.05, 0) is 46.8 Å². The molecule has 6 nitrogen and oxygen atoms in total. The maximum absolute atomic E-state index is 5.99. The molecule has 4 aromatic heterocycles. The summed E-state index contributed by atoms with van der Waals surface area (Å²) in [6, 6.07) is 59.1. The lowest BCUT2D eigenvalue weighted by molar-refractivity contribution is 0.654. The second-order valence-electron chi connectivity index (χ2n) is 13.5. The molecule has 0 aliphatic carbocycles. The first-order valence-electron chi connectivity index (χ1n) is 18.0. The molecule has 0 saturated carbocycles. The van der Waals surface area contributed by atoms with E-state index >= 15 is 0 Å². The van der Waals surface area contributed by atoms with E-state index < -0.39 is 0 Å². The van der Waals surface area contributed by atoms with Gasteiger partial charge in [0, 0.05) is 55.5 Å². The van der Waals surface area contributed by atoms with Crippen molar-refractivity contribution >= 4 is 54.6 Å². The highest BCUT2D eigenvalue weighted by atomic mass is 16.3. The number of benzene rings is 7. The lowest BCUT2D eigenvalue weighted by Crippen LogP contribution is -2.00. The first kappa shape index (κ1) is 30.2. The zero-order valence-corrected chi connectivity index (χ0v) is 28.9. The molecule has 6 heteroatoms. The van der Waals surface area contributed by atoms with Crippen LogP contribution in [0.5, 0.6) is 0 Å². The van der Waals surface area contributed by atoms with Gasteiger partial charge in [0.1, 0.15) is 5.58 Å². The number of pyridine rings is 1. The van der Waals surface area contributed by atoms with E-state index in [4.69, 9.17) is 19.4 Å². The Morgan fingerprint density at radius 3 is 1.78 bits per heavy atom. The predicted octanol–water partition coefficient (Wildman–Crippen LogP) is 12.1. The lowest BCUT2D eigenvalue weighted by Gasteiger charge is -2.11. The predicted molar refractivity (Wildman–Crippen MR) is 218 cm³/mol. The molecule has 0 bridgehead atoms. The Hall–Kier alpha value is -7.44. The van der Waals surface area contributed by atoms with Gasteiger partial charge in [0.2, 0.25) is 5.71 Å². The number of hydrogen-bond donors (Lipinski definition) is 0. The van der Waals surface area contributed by atoms with E-state index in [1.54, 1.807) is 6.20 Å². The van der Waals surface area contributed by atoms with Gasteiger partial charge in [-0.3, -0.25) is 0 Å². The summed E-state index contributed by atoms with van der Waals surface area (Å²) in [5, 5.41) is 6.92. The average Bonchev–Trinajstić information content (AvgIpc) is 3.80. The molecule has 0 spiro atoms. The highest BCUT2D eigenvalue weighted by molar-refractivity contribution is 6.18. The van der Waals surface area contributed by atoms with Crippen molar-refractivity contribution in [3.05, 3.63) is 176 Å². The number of aromatic nitrogens is 5. The van der Waals surface area contributed by atoms with Crippen LogP contribution in [-0.4, -0.2) is 24.5 Å². The van der Waals surface area contributed by atoms with Gasteiger partial charge in [-0.25, -0.2) is 19.9 Å². The van der Waals surface area contributed by atoms with Crippen LogP contribution in [0.2, 0.25) is 0 Å². The number of hydrogen-bond acceptors (Lipinski definition) is 5. The Morgan fingerprint density at radius 1 is 0.407 bits per heavy atom. The van der Waals surface area contributed by atoms with Crippen LogP contribution in [0.3, 0.4) is 0 Å². The summed E-state index contributed by atoms with van der Waals surface area (Å²) in [4.78, 5) is 19.5. The summed E-state index contributed by atoms with van der Waals surface area (Å²) < 4.78 is 8.38.